The zero-order valence-corrected chi connectivity index (χ0v) is 23.9. The predicted molar refractivity (Wildman–Crippen MR) is 154 cm³/mol. The van der Waals surface area contributed by atoms with Crippen LogP contribution in [0.4, 0.5) is 26.4 Å². The number of fused-ring (bicyclic) bond motifs is 1. The highest BCUT2D eigenvalue weighted by molar-refractivity contribution is 6.31. The van der Waals surface area contributed by atoms with E-state index in [0.717, 1.165) is 26.2 Å². The Morgan fingerprint density at radius 1 is 1.10 bits per heavy atom. The normalized spacial score (nSPS) is 15.1. The van der Waals surface area contributed by atoms with Gasteiger partial charge in [-0.05, 0) is 72.0 Å². The van der Waals surface area contributed by atoms with Crippen LogP contribution in [0.3, 0.4) is 0 Å². The van der Waals surface area contributed by atoms with Crippen LogP contribution in [0, 0.1) is 17.7 Å². The van der Waals surface area contributed by atoms with Gasteiger partial charge in [0.05, 0.1) is 21.8 Å². The highest BCUT2D eigenvalue weighted by atomic mass is 35.5. The standard InChI is InChI=1S/C29H34ClFN6O2/c1-28(2,3)39-27(38)37(20-7-8-23(31)22(30)16-20)26-21-17-24(32)19(15-25(21)33-18-34-26)9-10-29(4,5)36-13-11-35(6)12-14-36/h7-8,15-18H,11-14,32H2,1-6H3. The Morgan fingerprint density at radius 2 is 1.79 bits per heavy atom. The monoisotopic (exact) mass is 552 g/mol. The third-order valence-corrected chi connectivity index (χ3v) is 6.82. The fourth-order valence-corrected chi connectivity index (χ4v) is 4.48. The quantitative estimate of drug-likeness (QED) is 0.341. The number of rotatable bonds is 3. The van der Waals surface area contributed by atoms with Crippen molar-refractivity contribution in [1.29, 1.82) is 0 Å². The van der Waals surface area contributed by atoms with Crippen molar-refractivity contribution in [3.8, 4) is 11.8 Å². The Balaban J connectivity index is 1.77. The van der Waals surface area contributed by atoms with Gasteiger partial charge in [0.25, 0.3) is 0 Å². The van der Waals surface area contributed by atoms with Crippen molar-refractivity contribution in [2.75, 3.05) is 43.9 Å². The van der Waals surface area contributed by atoms with Gasteiger partial charge in [-0.2, -0.15) is 0 Å². The molecule has 4 rings (SSSR count). The number of carbonyl (C=O) groups is 1. The molecule has 39 heavy (non-hydrogen) atoms. The average Bonchev–Trinajstić information content (AvgIpc) is 2.84. The molecule has 0 unspecified atom stereocenters. The van der Waals surface area contributed by atoms with Crippen molar-refractivity contribution in [3.63, 3.8) is 0 Å². The van der Waals surface area contributed by atoms with E-state index in [1.165, 1.54) is 29.4 Å². The Hall–Kier alpha value is -3.45. The number of amides is 1. The zero-order valence-electron chi connectivity index (χ0n) is 23.2. The van der Waals surface area contributed by atoms with E-state index in [1.807, 2.05) is 0 Å². The van der Waals surface area contributed by atoms with E-state index in [2.05, 4.69) is 52.5 Å². The van der Waals surface area contributed by atoms with Crippen LogP contribution in [0.15, 0.2) is 36.7 Å². The lowest BCUT2D eigenvalue weighted by Gasteiger charge is -2.40. The summed E-state index contributed by atoms with van der Waals surface area (Å²) in [5, 5.41) is 0.365. The molecule has 0 radical (unpaired) electrons. The smallest absolute Gasteiger partial charge is 0.420 e. The van der Waals surface area contributed by atoms with Crippen LogP contribution in [0.2, 0.25) is 5.02 Å². The Bertz CT molecular complexity index is 1450. The van der Waals surface area contributed by atoms with Gasteiger partial charge in [-0.3, -0.25) is 4.90 Å². The Kier molecular flexibility index (Phi) is 8.03. The molecule has 3 aromatic rings. The van der Waals surface area contributed by atoms with Crippen LogP contribution in [0.1, 0.15) is 40.2 Å². The van der Waals surface area contributed by atoms with Crippen molar-refractivity contribution in [3.05, 3.63) is 53.1 Å². The molecule has 1 aromatic heterocycles. The number of nitrogens with two attached hydrogens (primary N) is 1. The molecule has 2 aromatic carbocycles. The van der Waals surface area contributed by atoms with Crippen molar-refractivity contribution in [2.24, 2.45) is 0 Å². The molecule has 1 fully saturated rings. The van der Waals surface area contributed by atoms with Crippen LogP contribution < -0.4 is 10.6 Å². The Labute approximate surface area is 233 Å². The molecule has 0 spiro atoms. The molecule has 206 valence electrons. The number of nitrogen functional groups attached to an aromatic ring is 1. The highest BCUT2D eigenvalue weighted by Crippen LogP contribution is 2.35. The molecule has 1 aliphatic rings. The molecule has 2 N–H and O–H groups in total. The van der Waals surface area contributed by atoms with E-state index in [9.17, 15) is 9.18 Å². The predicted octanol–water partition coefficient (Wildman–Crippen LogP) is 5.46. The van der Waals surface area contributed by atoms with Crippen LogP contribution in [-0.2, 0) is 4.74 Å². The van der Waals surface area contributed by atoms with Crippen LogP contribution >= 0.6 is 11.6 Å². The average molecular weight is 553 g/mol. The first-order chi connectivity index (χ1) is 18.2. The number of piperazine rings is 1. The van der Waals surface area contributed by atoms with Gasteiger partial charge in [0, 0.05) is 42.8 Å². The molecular formula is C29H34ClFN6O2. The van der Waals surface area contributed by atoms with Gasteiger partial charge < -0.3 is 15.4 Å². The number of hydrogen-bond donors (Lipinski definition) is 1. The summed E-state index contributed by atoms with van der Waals surface area (Å²) in [7, 11) is 2.12. The molecule has 0 atom stereocenters. The van der Waals surface area contributed by atoms with E-state index in [1.54, 1.807) is 32.9 Å². The minimum atomic E-state index is -0.791. The summed E-state index contributed by atoms with van der Waals surface area (Å²) in [4.78, 5) is 28.1. The van der Waals surface area contributed by atoms with Gasteiger partial charge in [-0.25, -0.2) is 24.1 Å². The van der Waals surface area contributed by atoms with Gasteiger partial charge in [-0.1, -0.05) is 23.4 Å². The van der Waals surface area contributed by atoms with Gasteiger partial charge in [0.1, 0.15) is 17.7 Å². The van der Waals surface area contributed by atoms with Crippen LogP contribution in [0.25, 0.3) is 10.9 Å². The van der Waals surface area contributed by atoms with Crippen molar-refractivity contribution in [2.45, 2.75) is 45.8 Å². The summed E-state index contributed by atoms with van der Waals surface area (Å²) >= 11 is 6.05. The molecule has 0 aliphatic carbocycles. The lowest BCUT2D eigenvalue weighted by molar-refractivity contribution is 0.0598. The fraction of sp³-hybridized carbons (Fsp3) is 0.414. The molecule has 0 bridgehead atoms. The number of hydrogen-bond acceptors (Lipinski definition) is 7. The Morgan fingerprint density at radius 3 is 2.44 bits per heavy atom. The lowest BCUT2D eigenvalue weighted by atomic mass is 10.0. The van der Waals surface area contributed by atoms with Crippen molar-refractivity contribution >= 4 is 45.8 Å². The number of halogens is 2. The fourth-order valence-electron chi connectivity index (χ4n) is 4.30. The summed E-state index contributed by atoms with van der Waals surface area (Å²) in [5.74, 6) is 6.25. The zero-order chi connectivity index (χ0) is 28.5. The van der Waals surface area contributed by atoms with Crippen molar-refractivity contribution in [1.82, 2.24) is 19.8 Å². The van der Waals surface area contributed by atoms with Gasteiger partial charge in [0.2, 0.25) is 0 Å². The lowest BCUT2D eigenvalue weighted by Crippen LogP contribution is -2.53. The minimum Gasteiger partial charge on any atom is -0.443 e. The maximum Gasteiger partial charge on any atom is 0.420 e. The maximum atomic E-state index is 14.0. The van der Waals surface area contributed by atoms with E-state index in [-0.39, 0.29) is 22.1 Å². The van der Waals surface area contributed by atoms with Crippen LogP contribution in [0.5, 0.6) is 0 Å². The minimum absolute atomic E-state index is 0.139. The summed E-state index contributed by atoms with van der Waals surface area (Å²) in [6.45, 7) is 13.4. The summed E-state index contributed by atoms with van der Waals surface area (Å²) in [6, 6.07) is 7.44. The second kappa shape index (κ2) is 11.0. The molecule has 8 nitrogen and oxygen atoms in total. The number of benzene rings is 2. The number of carbonyl (C=O) groups excluding carboxylic acids is 1. The van der Waals surface area contributed by atoms with Gasteiger partial charge in [-0.15, -0.1) is 0 Å². The maximum absolute atomic E-state index is 14.0. The number of anilines is 3. The molecule has 2 heterocycles. The molecular weight excluding hydrogens is 519 g/mol. The number of nitrogens with zero attached hydrogens (tertiary/aromatic N) is 5. The largest absolute Gasteiger partial charge is 0.443 e. The first-order valence-corrected chi connectivity index (χ1v) is 13.1. The van der Waals surface area contributed by atoms with E-state index < -0.39 is 17.5 Å². The molecule has 0 saturated carbocycles. The SMILES string of the molecule is CN1CCN(C(C)(C)C#Cc2cc3ncnc(N(C(=O)OC(C)(C)C)c4ccc(F)c(Cl)c4)c3cc2N)CC1. The summed E-state index contributed by atoms with van der Waals surface area (Å²) in [6.07, 6.45) is 0.642. The number of aromatic nitrogens is 2. The van der Waals surface area contributed by atoms with Gasteiger partial charge in [0.15, 0.2) is 5.82 Å². The van der Waals surface area contributed by atoms with E-state index >= 15 is 0 Å². The molecule has 1 saturated heterocycles. The van der Waals surface area contributed by atoms with E-state index in [0.29, 0.717) is 22.2 Å². The highest BCUT2D eigenvalue weighted by Gasteiger charge is 2.29. The summed E-state index contributed by atoms with van der Waals surface area (Å²) in [5.41, 5.74) is 7.20. The molecule has 10 heteroatoms. The van der Waals surface area contributed by atoms with Crippen molar-refractivity contribution < 1.29 is 13.9 Å². The molecule has 1 amide bonds. The first-order valence-electron chi connectivity index (χ1n) is 12.7. The second-order valence-electron chi connectivity index (χ2n) is 11.2. The number of ether oxygens (including phenoxy) is 1. The number of likely N-dealkylation sites (N-methyl/N-ethyl adjacent to an activating group) is 1. The molecule has 1 aliphatic heterocycles. The van der Waals surface area contributed by atoms with E-state index in [4.69, 9.17) is 22.1 Å². The first kappa shape index (κ1) is 28.6. The third-order valence-electron chi connectivity index (χ3n) is 6.53. The van der Waals surface area contributed by atoms with Crippen LogP contribution in [-0.4, -0.2) is 70.2 Å². The second-order valence-corrected chi connectivity index (χ2v) is 11.6. The summed E-state index contributed by atoms with van der Waals surface area (Å²) < 4.78 is 19.6. The third kappa shape index (κ3) is 6.59. The topological polar surface area (TPSA) is 87.8 Å². The van der Waals surface area contributed by atoms with Gasteiger partial charge >= 0.3 is 6.09 Å².